The molecule has 0 aliphatic carbocycles. The Balaban J connectivity index is 1.24. The van der Waals surface area contributed by atoms with E-state index in [1.165, 1.54) is 6.42 Å². The summed E-state index contributed by atoms with van der Waals surface area (Å²) in [5.74, 6) is 1.68. The third kappa shape index (κ3) is 7.49. The zero-order valence-corrected chi connectivity index (χ0v) is 30.7. The first-order valence-corrected chi connectivity index (χ1v) is 20.3. The van der Waals surface area contributed by atoms with E-state index in [0.717, 1.165) is 83.7 Å². The Labute approximate surface area is 296 Å². The summed E-state index contributed by atoms with van der Waals surface area (Å²) in [6.45, 7) is 8.79. The molecule has 0 saturated carbocycles. The normalized spacial score (nSPS) is 14.1. The molecule has 0 amide bonds. The minimum Gasteiger partial charge on any atom is -0.311 e. The number of hydrogen-bond donors (Lipinski definition) is 2. The van der Waals surface area contributed by atoms with Gasteiger partial charge in [-0.3, -0.25) is 9.44 Å². The van der Waals surface area contributed by atoms with E-state index < -0.39 is 20.0 Å². The van der Waals surface area contributed by atoms with Gasteiger partial charge in [0.15, 0.2) is 5.82 Å². The van der Waals surface area contributed by atoms with Gasteiger partial charge in [-0.25, -0.2) is 16.8 Å². The van der Waals surface area contributed by atoms with Crippen LogP contribution in [0, 0.1) is 13.8 Å². The lowest BCUT2D eigenvalue weighted by molar-refractivity contribution is 0.599. The molecule has 4 aromatic carbocycles. The fraction of sp³-hybridized carbons (Fsp3) is 0.333. The Morgan fingerprint density at radius 2 is 1.44 bits per heavy atom. The van der Waals surface area contributed by atoms with Gasteiger partial charge in [0.2, 0.25) is 0 Å². The maximum Gasteiger partial charge on any atom is 0.261 e. The van der Waals surface area contributed by atoms with Gasteiger partial charge in [0.25, 0.3) is 20.0 Å². The van der Waals surface area contributed by atoms with Gasteiger partial charge in [0.05, 0.1) is 15.5 Å². The first-order valence-electron chi connectivity index (χ1n) is 17.4. The second kappa shape index (κ2) is 14.8. The van der Waals surface area contributed by atoms with Crippen molar-refractivity contribution < 1.29 is 16.8 Å². The highest BCUT2D eigenvalue weighted by Gasteiger charge is 2.23. The second-order valence-corrected chi connectivity index (χ2v) is 16.5. The van der Waals surface area contributed by atoms with Gasteiger partial charge in [-0.15, -0.1) is 10.2 Å². The zero-order valence-electron chi connectivity index (χ0n) is 29.1. The lowest BCUT2D eigenvalue weighted by Crippen LogP contribution is -2.15. The molecule has 6 rings (SSSR count). The summed E-state index contributed by atoms with van der Waals surface area (Å²) in [5.41, 5.74) is 6.54. The highest BCUT2D eigenvalue weighted by Crippen LogP contribution is 2.34. The molecule has 5 aromatic rings. The zero-order chi connectivity index (χ0) is 35.5. The molecule has 262 valence electrons. The van der Waals surface area contributed by atoms with E-state index >= 15 is 0 Å². The summed E-state index contributed by atoms with van der Waals surface area (Å²) >= 11 is 0. The molecule has 50 heavy (non-hydrogen) atoms. The number of aromatic nitrogens is 3. The van der Waals surface area contributed by atoms with Crippen LogP contribution >= 0.6 is 0 Å². The minimum atomic E-state index is -3.91. The molecule has 2 heterocycles. The first kappa shape index (κ1) is 35.3. The van der Waals surface area contributed by atoms with Crippen LogP contribution in [0.15, 0.2) is 94.7 Å². The number of fused-ring (bicyclic) bond motifs is 1. The molecule has 1 atom stereocenters. The van der Waals surface area contributed by atoms with Crippen molar-refractivity contribution in [2.24, 2.45) is 0 Å². The van der Waals surface area contributed by atoms with Crippen LogP contribution in [0.3, 0.4) is 0 Å². The molecule has 1 aliphatic heterocycles. The van der Waals surface area contributed by atoms with Crippen LogP contribution in [-0.4, -0.2) is 31.6 Å². The fourth-order valence-corrected chi connectivity index (χ4v) is 9.14. The number of nitrogens with one attached hydrogen (secondary N) is 2. The van der Waals surface area contributed by atoms with Crippen molar-refractivity contribution in [3.63, 3.8) is 0 Å². The topological polar surface area (TPSA) is 123 Å². The van der Waals surface area contributed by atoms with E-state index in [2.05, 4.69) is 38.1 Å². The van der Waals surface area contributed by atoms with E-state index in [4.69, 9.17) is 0 Å². The molecule has 11 heteroatoms. The van der Waals surface area contributed by atoms with E-state index in [9.17, 15) is 16.8 Å². The van der Waals surface area contributed by atoms with Crippen LogP contribution in [0.2, 0.25) is 0 Å². The van der Waals surface area contributed by atoms with Crippen LogP contribution in [0.25, 0.3) is 11.4 Å². The van der Waals surface area contributed by atoms with Crippen molar-refractivity contribution in [3.8, 4) is 11.4 Å². The molecule has 1 aromatic heterocycles. The molecule has 0 fully saturated rings. The smallest absolute Gasteiger partial charge is 0.261 e. The van der Waals surface area contributed by atoms with Crippen molar-refractivity contribution in [2.45, 2.75) is 94.9 Å². The molecular formula is C39H45N5O4S2. The quantitative estimate of drug-likeness (QED) is 0.134. The van der Waals surface area contributed by atoms with E-state index in [1.807, 2.05) is 62.4 Å². The van der Waals surface area contributed by atoms with Crippen molar-refractivity contribution >= 4 is 31.4 Å². The SMILES string of the molecule is CCCc1ccc(S(=O)(=O)Nc2ccc(-c3nnc4n3CCCCC4)cc2)cc1C(CC)c1ccc(S(=O)(=O)Nc2c(C)cccc2C)cc1. The lowest BCUT2D eigenvalue weighted by atomic mass is 9.85. The summed E-state index contributed by atoms with van der Waals surface area (Å²) < 4.78 is 61.9. The monoisotopic (exact) mass is 711 g/mol. The van der Waals surface area contributed by atoms with Crippen LogP contribution < -0.4 is 9.44 Å². The molecule has 0 bridgehead atoms. The number of anilines is 2. The van der Waals surface area contributed by atoms with Crippen LogP contribution in [0.4, 0.5) is 11.4 Å². The summed E-state index contributed by atoms with van der Waals surface area (Å²) in [6.07, 6.45) is 6.69. The van der Waals surface area contributed by atoms with Gasteiger partial charge in [0, 0.05) is 30.1 Å². The maximum atomic E-state index is 13.8. The molecule has 9 nitrogen and oxygen atoms in total. The summed E-state index contributed by atoms with van der Waals surface area (Å²) in [7, 11) is -7.72. The Bertz CT molecular complexity index is 2170. The second-order valence-electron chi connectivity index (χ2n) is 13.1. The Hall–Kier alpha value is -4.48. The largest absolute Gasteiger partial charge is 0.311 e. The number of nitrogens with zero attached hydrogens (tertiary/aromatic N) is 3. The van der Waals surface area contributed by atoms with Gasteiger partial charge < -0.3 is 4.57 Å². The third-order valence-corrected chi connectivity index (χ3v) is 12.3. The van der Waals surface area contributed by atoms with Crippen molar-refractivity contribution in [3.05, 3.63) is 119 Å². The van der Waals surface area contributed by atoms with Crippen LogP contribution in [-0.2, 0) is 39.4 Å². The number of rotatable bonds is 12. The Morgan fingerprint density at radius 3 is 2.12 bits per heavy atom. The van der Waals surface area contributed by atoms with Crippen LogP contribution in [0.1, 0.15) is 85.5 Å². The molecule has 1 aliphatic rings. The fourth-order valence-electron chi connectivity index (χ4n) is 6.84. The van der Waals surface area contributed by atoms with Gasteiger partial charge in [-0.1, -0.05) is 63.1 Å². The average Bonchev–Trinajstić information content (AvgIpc) is 3.35. The number of sulfonamides is 2. The summed E-state index contributed by atoms with van der Waals surface area (Å²) in [4.78, 5) is 0.341. The predicted molar refractivity (Wildman–Crippen MR) is 200 cm³/mol. The summed E-state index contributed by atoms with van der Waals surface area (Å²) in [5, 5.41) is 8.82. The molecular weight excluding hydrogens is 667 g/mol. The van der Waals surface area contributed by atoms with Gasteiger partial charge in [-0.2, -0.15) is 0 Å². The predicted octanol–water partition coefficient (Wildman–Crippen LogP) is 8.38. The number of hydrogen-bond acceptors (Lipinski definition) is 6. The number of benzene rings is 4. The molecule has 2 N–H and O–H groups in total. The van der Waals surface area contributed by atoms with Crippen molar-refractivity contribution in [1.29, 1.82) is 0 Å². The minimum absolute atomic E-state index is 0.132. The lowest BCUT2D eigenvalue weighted by Gasteiger charge is -2.22. The van der Waals surface area contributed by atoms with Gasteiger partial charge in [0.1, 0.15) is 5.82 Å². The summed E-state index contributed by atoms with van der Waals surface area (Å²) in [6, 6.07) is 25.2. The molecule has 0 spiro atoms. The Morgan fingerprint density at radius 1 is 0.760 bits per heavy atom. The first-order chi connectivity index (χ1) is 24.0. The van der Waals surface area contributed by atoms with E-state index in [-0.39, 0.29) is 15.7 Å². The van der Waals surface area contributed by atoms with Crippen molar-refractivity contribution in [1.82, 2.24) is 14.8 Å². The van der Waals surface area contributed by atoms with Gasteiger partial charge in [-0.05, 0) is 116 Å². The molecule has 0 saturated heterocycles. The van der Waals surface area contributed by atoms with E-state index in [0.29, 0.717) is 17.8 Å². The third-order valence-electron chi connectivity index (χ3n) is 9.55. The Kier molecular flexibility index (Phi) is 10.5. The number of aryl methyl sites for hydroxylation is 4. The standard InChI is InChI=1S/C39H45N5O4S2/c1-5-11-29-19-24-34(50(47,48)42-32-20-15-31(16-21-32)39-41-40-37-14-8-7-9-25-44(37)39)26-36(29)35(6-2)30-17-22-33(23-18-30)49(45,46)43-38-27(3)12-10-13-28(38)4/h10,12-13,15-24,26,35,42-43H,5-9,11,14,25H2,1-4H3. The molecule has 1 unspecified atom stereocenters. The van der Waals surface area contributed by atoms with Crippen LogP contribution in [0.5, 0.6) is 0 Å². The van der Waals surface area contributed by atoms with Crippen molar-refractivity contribution in [2.75, 3.05) is 9.44 Å². The van der Waals surface area contributed by atoms with E-state index in [1.54, 1.807) is 36.4 Å². The maximum absolute atomic E-state index is 13.8. The van der Waals surface area contributed by atoms with Gasteiger partial charge >= 0.3 is 0 Å². The highest BCUT2D eigenvalue weighted by atomic mass is 32.2. The number of para-hydroxylation sites is 1. The molecule has 0 radical (unpaired) electrons. The average molecular weight is 712 g/mol. The highest BCUT2D eigenvalue weighted by molar-refractivity contribution is 7.93.